The van der Waals surface area contributed by atoms with Crippen LogP contribution >= 0.6 is 11.8 Å². The Hall–Kier alpha value is -2.88. The van der Waals surface area contributed by atoms with Crippen molar-refractivity contribution in [1.29, 1.82) is 0 Å². The van der Waals surface area contributed by atoms with E-state index in [-0.39, 0.29) is 34.8 Å². The highest BCUT2D eigenvalue weighted by Gasteiger charge is 2.52. The third kappa shape index (κ3) is 2.81. The predicted octanol–water partition coefficient (Wildman–Crippen LogP) is 1.82. The molecule has 10 heteroatoms. The molecule has 0 spiro atoms. The number of thioether (sulfide) groups is 1. The van der Waals surface area contributed by atoms with Gasteiger partial charge in [-0.15, -0.1) is 11.8 Å². The van der Waals surface area contributed by atoms with E-state index in [4.69, 9.17) is 0 Å². The van der Waals surface area contributed by atoms with Crippen LogP contribution in [0.5, 0.6) is 5.75 Å². The lowest BCUT2D eigenvalue weighted by Crippen LogP contribution is -2.52. The summed E-state index contributed by atoms with van der Waals surface area (Å²) >= 11 is 1.70. The fourth-order valence-corrected chi connectivity index (χ4v) is 5.98. The highest BCUT2D eigenvalue weighted by molar-refractivity contribution is 8.00. The Morgan fingerprint density at radius 3 is 2.77 bits per heavy atom. The number of aromatic nitrogens is 1. The number of carbonyl (C=O) groups is 2. The third-order valence-corrected chi connectivity index (χ3v) is 7.51. The van der Waals surface area contributed by atoms with Crippen LogP contribution in [0.2, 0.25) is 0 Å². The number of benzene rings is 1. The van der Waals surface area contributed by atoms with Crippen molar-refractivity contribution in [3.05, 3.63) is 63.1 Å². The first-order valence-electron chi connectivity index (χ1n) is 9.52. The molecule has 2 unspecified atom stereocenters. The fraction of sp³-hybridized carbons (Fsp3) is 0.350. The van der Waals surface area contributed by atoms with Crippen LogP contribution in [0.1, 0.15) is 39.3 Å². The van der Waals surface area contributed by atoms with Crippen molar-refractivity contribution in [3.63, 3.8) is 0 Å². The molecule has 0 bridgehead atoms. The molecule has 3 heterocycles. The maximum absolute atomic E-state index is 13.8. The molecule has 2 aliphatic heterocycles. The Morgan fingerprint density at radius 1 is 1.27 bits per heavy atom. The van der Waals surface area contributed by atoms with Crippen LogP contribution < -0.4 is 10.7 Å². The summed E-state index contributed by atoms with van der Waals surface area (Å²) in [6.07, 6.45) is 3.21. The zero-order valence-electron chi connectivity index (χ0n) is 15.6. The van der Waals surface area contributed by atoms with Crippen LogP contribution in [0.25, 0.3) is 0 Å². The summed E-state index contributed by atoms with van der Waals surface area (Å²) in [4.78, 5) is 39.8. The Bertz CT molecular complexity index is 1150. The first-order chi connectivity index (χ1) is 14.3. The normalized spacial score (nSPS) is 24.0. The number of pyridine rings is 1. The first-order valence-corrected chi connectivity index (χ1v) is 10.5. The zero-order valence-corrected chi connectivity index (χ0v) is 16.4. The molecule has 7 nitrogen and oxygen atoms in total. The molecule has 1 saturated carbocycles. The Morgan fingerprint density at radius 2 is 2.07 bits per heavy atom. The van der Waals surface area contributed by atoms with Gasteiger partial charge in [-0.05, 0) is 18.9 Å². The van der Waals surface area contributed by atoms with Crippen LogP contribution in [0, 0.1) is 11.6 Å². The smallest absolute Gasteiger partial charge is 0.275 e. The van der Waals surface area contributed by atoms with Gasteiger partial charge in [0.1, 0.15) is 17.2 Å². The number of halogens is 2. The number of aromatic hydroxyl groups is 1. The summed E-state index contributed by atoms with van der Waals surface area (Å²) in [6.45, 7) is 0.0981. The summed E-state index contributed by atoms with van der Waals surface area (Å²) < 4.78 is 28.2. The highest BCUT2D eigenvalue weighted by Crippen LogP contribution is 2.49. The molecule has 3 aliphatic rings. The fourth-order valence-electron chi connectivity index (χ4n) is 4.23. The molecular weight excluding hydrogens is 416 g/mol. The van der Waals surface area contributed by atoms with Crippen molar-refractivity contribution in [3.8, 4) is 5.75 Å². The largest absolute Gasteiger partial charge is 0.503 e. The van der Waals surface area contributed by atoms with Gasteiger partial charge in [0.25, 0.3) is 11.8 Å². The molecule has 2 aromatic rings. The van der Waals surface area contributed by atoms with Crippen molar-refractivity contribution < 1.29 is 23.5 Å². The highest BCUT2D eigenvalue weighted by atomic mass is 32.2. The second-order valence-corrected chi connectivity index (χ2v) is 9.05. The van der Waals surface area contributed by atoms with E-state index in [1.54, 1.807) is 16.7 Å². The van der Waals surface area contributed by atoms with Crippen LogP contribution in [0.3, 0.4) is 0 Å². The lowest BCUT2D eigenvalue weighted by Gasteiger charge is -2.39. The summed E-state index contributed by atoms with van der Waals surface area (Å²) in [6, 6.07) is 3.09. The minimum absolute atomic E-state index is 0.0516. The van der Waals surface area contributed by atoms with E-state index in [0.29, 0.717) is 17.9 Å². The Labute approximate surface area is 173 Å². The van der Waals surface area contributed by atoms with Crippen LogP contribution in [0.4, 0.5) is 8.78 Å². The molecule has 1 aromatic heterocycles. The Balaban J connectivity index is 1.43. The molecule has 30 heavy (non-hydrogen) atoms. The SMILES string of the molecule is O=C(NCc1ccc(F)cc1F)c1cn2c(c(O)c1=O)C(=O)N1C(C2)SC2CC[C@H]21. The van der Waals surface area contributed by atoms with E-state index < -0.39 is 34.6 Å². The topological polar surface area (TPSA) is 91.6 Å². The van der Waals surface area contributed by atoms with Gasteiger partial charge in [0.15, 0.2) is 11.4 Å². The van der Waals surface area contributed by atoms with Gasteiger partial charge in [-0.25, -0.2) is 8.78 Å². The predicted molar refractivity (Wildman–Crippen MR) is 104 cm³/mol. The van der Waals surface area contributed by atoms with Gasteiger partial charge in [0, 0.05) is 35.7 Å². The number of nitrogens with zero attached hydrogens (tertiary/aromatic N) is 2. The van der Waals surface area contributed by atoms with E-state index >= 15 is 0 Å². The molecular formula is C20H17F2N3O4S. The van der Waals surface area contributed by atoms with Crippen LogP contribution in [-0.4, -0.2) is 43.1 Å². The van der Waals surface area contributed by atoms with Crippen molar-refractivity contribution >= 4 is 23.6 Å². The van der Waals surface area contributed by atoms with Crippen LogP contribution in [-0.2, 0) is 13.1 Å². The van der Waals surface area contributed by atoms with Gasteiger partial charge in [0.2, 0.25) is 5.43 Å². The van der Waals surface area contributed by atoms with E-state index in [1.807, 2.05) is 0 Å². The number of fused-ring (bicyclic) bond motifs is 4. The van der Waals surface area contributed by atoms with Crippen molar-refractivity contribution in [1.82, 2.24) is 14.8 Å². The maximum Gasteiger partial charge on any atom is 0.275 e. The number of carbonyl (C=O) groups excluding carboxylic acids is 2. The summed E-state index contributed by atoms with van der Waals surface area (Å²) in [5, 5.41) is 13.1. The number of amides is 2. The average Bonchev–Trinajstić information content (AvgIpc) is 2.94. The van der Waals surface area contributed by atoms with Gasteiger partial charge in [-0.1, -0.05) is 6.07 Å². The lowest BCUT2D eigenvalue weighted by atomic mass is 9.90. The monoisotopic (exact) mass is 433 g/mol. The third-order valence-electron chi connectivity index (χ3n) is 5.92. The van der Waals surface area contributed by atoms with Crippen molar-refractivity contribution in [2.75, 3.05) is 0 Å². The Kier molecular flexibility index (Phi) is 4.35. The lowest BCUT2D eigenvalue weighted by molar-refractivity contribution is 0.0531. The van der Waals surface area contributed by atoms with E-state index in [9.17, 15) is 28.3 Å². The zero-order chi connectivity index (χ0) is 21.2. The number of hydrogen-bond donors (Lipinski definition) is 2. The van der Waals surface area contributed by atoms with E-state index in [0.717, 1.165) is 18.9 Å². The molecule has 2 fully saturated rings. The molecule has 3 atom stereocenters. The first kappa shape index (κ1) is 19.1. The minimum atomic E-state index is -0.956. The molecule has 0 radical (unpaired) electrons. The average molecular weight is 433 g/mol. The van der Waals surface area contributed by atoms with Gasteiger partial charge in [-0.2, -0.15) is 0 Å². The summed E-state index contributed by atoms with van der Waals surface area (Å²) in [7, 11) is 0. The molecule has 1 aromatic carbocycles. The van der Waals surface area contributed by atoms with Gasteiger partial charge >= 0.3 is 0 Å². The van der Waals surface area contributed by atoms with Gasteiger partial charge in [-0.3, -0.25) is 14.4 Å². The number of nitrogens with one attached hydrogen (secondary N) is 1. The number of hydrogen-bond acceptors (Lipinski definition) is 5. The van der Waals surface area contributed by atoms with Gasteiger partial charge in [0.05, 0.1) is 11.9 Å². The van der Waals surface area contributed by atoms with E-state index in [2.05, 4.69) is 5.32 Å². The van der Waals surface area contributed by atoms with Gasteiger partial charge < -0.3 is 19.9 Å². The molecule has 2 amide bonds. The molecule has 1 saturated heterocycles. The molecule has 156 valence electrons. The second-order valence-electron chi connectivity index (χ2n) is 7.63. The second kappa shape index (κ2) is 6.83. The molecule has 2 N–H and O–H groups in total. The summed E-state index contributed by atoms with van der Waals surface area (Å²) in [5.74, 6) is -3.53. The van der Waals surface area contributed by atoms with Crippen LogP contribution in [0.15, 0.2) is 29.2 Å². The maximum atomic E-state index is 13.8. The molecule has 1 aliphatic carbocycles. The minimum Gasteiger partial charge on any atom is -0.503 e. The van der Waals surface area contributed by atoms with Crippen molar-refractivity contribution in [2.24, 2.45) is 0 Å². The summed E-state index contributed by atoms with van der Waals surface area (Å²) in [5.41, 5.74) is -1.35. The molecule has 5 rings (SSSR count). The quantitative estimate of drug-likeness (QED) is 0.771. The van der Waals surface area contributed by atoms with E-state index in [1.165, 1.54) is 16.8 Å². The standard InChI is InChI=1S/C20H17F2N3O4S/c21-10-2-1-9(12(22)5-10)6-23-19(28)11-7-24-8-15-25(13-3-4-14(13)30-15)20(29)16(24)18(27)17(11)26/h1-2,5,7,13-15,27H,3-4,6,8H2,(H,23,28)/t13-,14?,15?/m1/s1. The number of rotatable bonds is 3. The van der Waals surface area contributed by atoms with Crippen molar-refractivity contribution in [2.45, 2.75) is 42.6 Å².